The average molecular weight is 291 g/mol. The van der Waals surface area contributed by atoms with Crippen molar-refractivity contribution in [3.8, 4) is 11.5 Å². The summed E-state index contributed by atoms with van der Waals surface area (Å²) in [5.41, 5.74) is 0.573. The van der Waals surface area contributed by atoms with Gasteiger partial charge in [0.25, 0.3) is 0 Å². The molecule has 4 heteroatoms. The van der Waals surface area contributed by atoms with E-state index in [1.54, 1.807) is 14.2 Å². The van der Waals surface area contributed by atoms with Crippen molar-refractivity contribution in [3.63, 3.8) is 0 Å². The average Bonchev–Trinajstić information content (AvgIpc) is 2.53. The molecule has 0 bridgehead atoms. The summed E-state index contributed by atoms with van der Waals surface area (Å²) < 4.78 is 10.9. The van der Waals surface area contributed by atoms with Crippen molar-refractivity contribution in [2.75, 3.05) is 20.8 Å². The summed E-state index contributed by atoms with van der Waals surface area (Å²) in [5, 5.41) is 14.6. The Hall–Kier alpha value is -1.26. The fourth-order valence-corrected chi connectivity index (χ4v) is 4.03. The van der Waals surface area contributed by atoms with Gasteiger partial charge in [0.15, 0.2) is 0 Å². The van der Waals surface area contributed by atoms with Gasteiger partial charge >= 0.3 is 0 Å². The van der Waals surface area contributed by atoms with E-state index in [2.05, 4.69) is 5.32 Å². The fourth-order valence-electron chi connectivity index (χ4n) is 4.03. The normalized spacial score (nSPS) is 32.3. The zero-order chi connectivity index (χ0) is 14.9. The summed E-state index contributed by atoms with van der Waals surface area (Å²) in [4.78, 5) is 0. The van der Waals surface area contributed by atoms with Crippen molar-refractivity contribution < 1.29 is 14.6 Å². The molecule has 1 saturated carbocycles. The Kier molecular flexibility index (Phi) is 4.09. The number of hydrogen-bond donors (Lipinski definition) is 2. The summed E-state index contributed by atoms with van der Waals surface area (Å²) in [6.45, 7) is 0.845. The minimum atomic E-state index is -0.526. The van der Waals surface area contributed by atoms with Crippen LogP contribution in [0.1, 0.15) is 43.7 Å². The summed E-state index contributed by atoms with van der Waals surface area (Å²) in [5.74, 6) is 1.95. The van der Waals surface area contributed by atoms with Crippen LogP contribution in [0, 0.1) is 5.92 Å². The lowest BCUT2D eigenvalue weighted by molar-refractivity contribution is -0.0863. The van der Waals surface area contributed by atoms with Gasteiger partial charge in [-0.25, -0.2) is 0 Å². The van der Waals surface area contributed by atoms with E-state index in [1.807, 2.05) is 18.2 Å². The highest BCUT2D eigenvalue weighted by atomic mass is 16.5. The molecule has 1 saturated heterocycles. The van der Waals surface area contributed by atoms with E-state index in [4.69, 9.17) is 9.47 Å². The molecule has 4 nitrogen and oxygen atoms in total. The summed E-state index contributed by atoms with van der Waals surface area (Å²) >= 11 is 0. The second-order valence-electron chi connectivity index (χ2n) is 6.25. The molecule has 0 spiro atoms. The van der Waals surface area contributed by atoms with Crippen LogP contribution in [0.25, 0.3) is 0 Å². The first kappa shape index (κ1) is 14.7. The van der Waals surface area contributed by atoms with E-state index in [1.165, 1.54) is 6.42 Å². The number of aliphatic hydroxyl groups is 1. The molecule has 2 aliphatic rings. The quantitative estimate of drug-likeness (QED) is 0.899. The predicted molar refractivity (Wildman–Crippen MR) is 81.8 cm³/mol. The van der Waals surface area contributed by atoms with Crippen molar-refractivity contribution in [1.82, 2.24) is 5.32 Å². The summed E-state index contributed by atoms with van der Waals surface area (Å²) in [7, 11) is 3.37. The number of rotatable bonds is 3. The third-order valence-electron chi connectivity index (χ3n) is 5.16. The monoisotopic (exact) mass is 291 g/mol. The minimum absolute atomic E-state index is 0.133. The largest absolute Gasteiger partial charge is 0.497 e. The lowest BCUT2D eigenvalue weighted by Gasteiger charge is -2.48. The molecule has 1 aromatic carbocycles. The molecule has 1 aliphatic carbocycles. The maximum atomic E-state index is 11.0. The smallest absolute Gasteiger partial charge is 0.123 e. The van der Waals surface area contributed by atoms with Gasteiger partial charge in [0.05, 0.1) is 19.8 Å². The first-order valence-corrected chi connectivity index (χ1v) is 7.85. The molecule has 3 atom stereocenters. The Balaban J connectivity index is 1.98. The van der Waals surface area contributed by atoms with Crippen LogP contribution in [0.4, 0.5) is 0 Å². The molecule has 116 valence electrons. The van der Waals surface area contributed by atoms with Crippen LogP contribution in [0.3, 0.4) is 0 Å². The molecule has 3 rings (SSSR count). The zero-order valence-corrected chi connectivity index (χ0v) is 12.9. The fraction of sp³-hybridized carbons (Fsp3) is 0.647. The van der Waals surface area contributed by atoms with Crippen LogP contribution in [0.15, 0.2) is 18.2 Å². The van der Waals surface area contributed by atoms with E-state index >= 15 is 0 Å². The molecule has 0 aromatic heterocycles. The van der Waals surface area contributed by atoms with Crippen LogP contribution < -0.4 is 14.8 Å². The van der Waals surface area contributed by atoms with Crippen molar-refractivity contribution in [2.45, 2.75) is 43.7 Å². The van der Waals surface area contributed by atoms with Gasteiger partial charge < -0.3 is 19.9 Å². The number of fused-ring (bicyclic) bond motifs is 1. The number of methoxy groups -OCH3 is 2. The second kappa shape index (κ2) is 5.85. The van der Waals surface area contributed by atoms with Crippen LogP contribution in [-0.4, -0.2) is 31.5 Å². The number of piperidine rings is 1. The van der Waals surface area contributed by atoms with E-state index in [-0.39, 0.29) is 12.0 Å². The third-order valence-corrected chi connectivity index (χ3v) is 5.16. The summed E-state index contributed by atoms with van der Waals surface area (Å²) in [6, 6.07) is 6.04. The molecule has 1 aromatic rings. The van der Waals surface area contributed by atoms with E-state index in [0.717, 1.165) is 49.3 Å². The Morgan fingerprint density at radius 1 is 1.19 bits per heavy atom. The molecule has 0 radical (unpaired) electrons. The number of hydrogen-bond acceptors (Lipinski definition) is 4. The highest BCUT2D eigenvalue weighted by Gasteiger charge is 2.46. The Morgan fingerprint density at radius 3 is 2.81 bits per heavy atom. The van der Waals surface area contributed by atoms with Gasteiger partial charge in [-0.05, 0) is 44.0 Å². The molecule has 2 fully saturated rings. The Bertz CT molecular complexity index is 501. The van der Waals surface area contributed by atoms with Gasteiger partial charge in [0.1, 0.15) is 11.5 Å². The van der Waals surface area contributed by atoms with Crippen LogP contribution in [-0.2, 0) is 0 Å². The molecule has 3 unspecified atom stereocenters. The third kappa shape index (κ3) is 2.62. The summed E-state index contributed by atoms with van der Waals surface area (Å²) in [6.07, 6.45) is 5.16. The molecule has 0 amide bonds. The van der Waals surface area contributed by atoms with Gasteiger partial charge in [-0.1, -0.05) is 12.8 Å². The van der Waals surface area contributed by atoms with Crippen molar-refractivity contribution >= 4 is 0 Å². The Labute approximate surface area is 126 Å². The van der Waals surface area contributed by atoms with Crippen molar-refractivity contribution in [2.24, 2.45) is 5.92 Å². The van der Waals surface area contributed by atoms with Crippen molar-refractivity contribution in [3.05, 3.63) is 23.8 Å². The van der Waals surface area contributed by atoms with Gasteiger partial charge in [-0.2, -0.15) is 0 Å². The lowest BCUT2D eigenvalue weighted by Crippen LogP contribution is -2.53. The molecular weight excluding hydrogens is 266 g/mol. The number of benzene rings is 1. The number of ether oxygens (including phenoxy) is 2. The molecule has 1 aliphatic heterocycles. The zero-order valence-electron chi connectivity index (χ0n) is 12.9. The highest BCUT2D eigenvalue weighted by Crippen LogP contribution is 2.47. The highest BCUT2D eigenvalue weighted by molar-refractivity contribution is 5.43. The van der Waals surface area contributed by atoms with Gasteiger partial charge in [0, 0.05) is 17.5 Å². The van der Waals surface area contributed by atoms with Gasteiger partial charge in [0.2, 0.25) is 0 Å². The first-order chi connectivity index (χ1) is 10.2. The first-order valence-electron chi connectivity index (χ1n) is 7.85. The minimum Gasteiger partial charge on any atom is -0.497 e. The van der Waals surface area contributed by atoms with Crippen molar-refractivity contribution in [1.29, 1.82) is 0 Å². The SMILES string of the molecule is COc1ccc(OC)c(C2NCCC3(O)CCCCC23)c1. The second-order valence-corrected chi connectivity index (χ2v) is 6.25. The molecule has 2 N–H and O–H groups in total. The predicted octanol–water partition coefficient (Wildman–Crippen LogP) is 2.66. The number of nitrogens with one attached hydrogen (secondary N) is 1. The van der Waals surface area contributed by atoms with Crippen LogP contribution >= 0.6 is 0 Å². The van der Waals surface area contributed by atoms with Crippen LogP contribution in [0.5, 0.6) is 11.5 Å². The van der Waals surface area contributed by atoms with E-state index in [0.29, 0.717) is 0 Å². The topological polar surface area (TPSA) is 50.7 Å². The maximum absolute atomic E-state index is 11.0. The molecule has 1 heterocycles. The lowest BCUT2D eigenvalue weighted by atomic mass is 9.66. The van der Waals surface area contributed by atoms with E-state index in [9.17, 15) is 5.11 Å². The van der Waals surface area contributed by atoms with Crippen LogP contribution in [0.2, 0.25) is 0 Å². The molecular formula is C17H25NO3. The Morgan fingerprint density at radius 2 is 2.05 bits per heavy atom. The van der Waals surface area contributed by atoms with Gasteiger partial charge in [-0.15, -0.1) is 0 Å². The van der Waals surface area contributed by atoms with Gasteiger partial charge in [-0.3, -0.25) is 0 Å². The van der Waals surface area contributed by atoms with E-state index < -0.39 is 5.60 Å². The standard InChI is InChI=1S/C17H25NO3/c1-20-12-6-7-15(21-2)13(11-12)16-14-5-3-4-8-17(14,19)9-10-18-16/h6-7,11,14,16,18-19H,3-5,8-10H2,1-2H3. The maximum Gasteiger partial charge on any atom is 0.123 e. The molecule has 21 heavy (non-hydrogen) atoms.